The van der Waals surface area contributed by atoms with Gasteiger partial charge in [0.25, 0.3) is 5.91 Å². The van der Waals surface area contributed by atoms with Gasteiger partial charge in [0.05, 0.1) is 13.3 Å². The van der Waals surface area contributed by atoms with E-state index in [0.717, 1.165) is 49.5 Å². The highest BCUT2D eigenvalue weighted by Gasteiger charge is 2.32. The van der Waals surface area contributed by atoms with Crippen LogP contribution in [0.25, 0.3) is 0 Å². The molecule has 0 radical (unpaired) electrons. The second-order valence-electron chi connectivity index (χ2n) is 7.56. The van der Waals surface area contributed by atoms with Gasteiger partial charge in [-0.05, 0) is 43.2 Å². The highest BCUT2D eigenvalue weighted by Crippen LogP contribution is 2.26. The maximum Gasteiger partial charge on any atom is 0.253 e. The van der Waals surface area contributed by atoms with Crippen molar-refractivity contribution in [3.8, 4) is 5.75 Å². The summed E-state index contributed by atoms with van der Waals surface area (Å²) in [4.78, 5) is 17.1. The van der Waals surface area contributed by atoms with Gasteiger partial charge in [-0.15, -0.1) is 0 Å². The van der Waals surface area contributed by atoms with Crippen molar-refractivity contribution >= 4 is 5.91 Å². The van der Waals surface area contributed by atoms with E-state index in [2.05, 4.69) is 27.9 Å². The van der Waals surface area contributed by atoms with Gasteiger partial charge in [-0.1, -0.05) is 29.8 Å². The topological polar surface area (TPSA) is 56.8 Å². The third-order valence-corrected chi connectivity index (χ3v) is 5.71. The van der Waals surface area contributed by atoms with Crippen molar-refractivity contribution in [2.45, 2.75) is 25.6 Å². The van der Waals surface area contributed by atoms with Crippen molar-refractivity contribution in [2.24, 2.45) is 0 Å². The number of benzene rings is 2. The smallest absolute Gasteiger partial charge is 0.253 e. The minimum atomic E-state index is 0.136. The third-order valence-electron chi connectivity index (χ3n) is 5.71. The van der Waals surface area contributed by atoms with Gasteiger partial charge in [0.15, 0.2) is 0 Å². The highest BCUT2D eigenvalue weighted by molar-refractivity contribution is 5.94. The van der Waals surface area contributed by atoms with Crippen LogP contribution in [-0.2, 0) is 0 Å². The molecule has 4 rings (SSSR count). The Morgan fingerprint density at radius 1 is 1.04 bits per heavy atom. The second kappa shape index (κ2) is 8.31. The van der Waals surface area contributed by atoms with Crippen LogP contribution < -0.4 is 15.6 Å². The summed E-state index contributed by atoms with van der Waals surface area (Å²) in [6.07, 6.45) is 1.28. The van der Waals surface area contributed by atoms with Crippen molar-refractivity contribution in [3.63, 3.8) is 0 Å². The molecule has 0 saturated carbocycles. The van der Waals surface area contributed by atoms with Crippen molar-refractivity contribution in [3.05, 3.63) is 65.2 Å². The molecule has 28 heavy (non-hydrogen) atoms. The molecule has 1 amide bonds. The zero-order valence-corrected chi connectivity index (χ0v) is 16.5. The summed E-state index contributed by atoms with van der Waals surface area (Å²) in [6.45, 7) is 5.31. The Balaban J connectivity index is 1.31. The Bertz CT molecular complexity index is 816. The Hall–Kier alpha value is -2.41. The summed E-state index contributed by atoms with van der Waals surface area (Å²) in [5.74, 6) is 1.01. The maximum atomic E-state index is 12.7. The standard InChI is InChI=1S/C22H28N4O2/c1-16-4-3-5-18(14-16)22(27)26-12-10-25(11-13-26)21-15-20(23-24-21)17-6-8-19(28-2)9-7-17/h3-9,14,20-21,23-24H,10-13,15H2,1-2H3. The molecule has 6 nitrogen and oxygen atoms in total. The Morgan fingerprint density at radius 3 is 2.46 bits per heavy atom. The molecular formula is C22H28N4O2. The SMILES string of the molecule is COc1ccc(C2CC(N3CCN(C(=O)c4cccc(C)c4)CC3)NN2)cc1. The molecule has 2 saturated heterocycles. The molecule has 2 aromatic carbocycles. The number of hydrogen-bond acceptors (Lipinski definition) is 5. The first-order valence-electron chi connectivity index (χ1n) is 9.89. The zero-order chi connectivity index (χ0) is 19.5. The van der Waals surface area contributed by atoms with Crippen LogP contribution >= 0.6 is 0 Å². The van der Waals surface area contributed by atoms with Crippen LogP contribution in [0, 0.1) is 6.92 Å². The number of nitrogens with zero attached hydrogens (tertiary/aromatic N) is 2. The van der Waals surface area contributed by atoms with Gasteiger partial charge in [0.2, 0.25) is 0 Å². The maximum absolute atomic E-state index is 12.7. The average molecular weight is 380 g/mol. The van der Waals surface area contributed by atoms with E-state index in [9.17, 15) is 4.79 Å². The quantitative estimate of drug-likeness (QED) is 0.853. The Kier molecular flexibility index (Phi) is 5.62. The fraction of sp³-hybridized carbons (Fsp3) is 0.409. The predicted molar refractivity (Wildman–Crippen MR) is 109 cm³/mol. The van der Waals surface area contributed by atoms with Gasteiger partial charge in [0.1, 0.15) is 5.75 Å². The molecule has 2 unspecified atom stereocenters. The van der Waals surface area contributed by atoms with E-state index in [-0.39, 0.29) is 18.1 Å². The molecule has 2 aromatic rings. The van der Waals surface area contributed by atoms with Crippen LogP contribution in [0.1, 0.15) is 33.9 Å². The summed E-state index contributed by atoms with van der Waals surface area (Å²) in [6, 6.07) is 16.3. The van der Waals surface area contributed by atoms with Gasteiger partial charge < -0.3 is 9.64 Å². The van der Waals surface area contributed by atoms with E-state index >= 15 is 0 Å². The fourth-order valence-electron chi connectivity index (χ4n) is 4.03. The minimum absolute atomic E-state index is 0.136. The first kappa shape index (κ1) is 18.9. The largest absolute Gasteiger partial charge is 0.497 e. The summed E-state index contributed by atoms with van der Waals surface area (Å²) >= 11 is 0. The number of amides is 1. The molecule has 148 valence electrons. The normalized spacial score (nSPS) is 23.0. The molecule has 2 atom stereocenters. The van der Waals surface area contributed by atoms with Crippen LogP contribution in [0.15, 0.2) is 48.5 Å². The summed E-state index contributed by atoms with van der Waals surface area (Å²) in [5, 5.41) is 0. The summed E-state index contributed by atoms with van der Waals surface area (Å²) in [5.41, 5.74) is 10.00. The molecule has 2 heterocycles. The molecule has 0 aromatic heterocycles. The summed E-state index contributed by atoms with van der Waals surface area (Å²) < 4.78 is 5.24. The van der Waals surface area contributed by atoms with Gasteiger partial charge in [-0.3, -0.25) is 9.69 Å². The van der Waals surface area contributed by atoms with Crippen molar-refractivity contribution in [1.82, 2.24) is 20.7 Å². The number of piperazine rings is 1. The first-order chi connectivity index (χ1) is 13.6. The second-order valence-corrected chi connectivity index (χ2v) is 7.56. The lowest BCUT2D eigenvalue weighted by atomic mass is 10.0. The first-order valence-corrected chi connectivity index (χ1v) is 9.89. The van der Waals surface area contributed by atoms with E-state index in [4.69, 9.17) is 4.74 Å². The number of methoxy groups -OCH3 is 1. The predicted octanol–water partition coefficient (Wildman–Crippen LogP) is 2.33. The molecule has 0 spiro atoms. The lowest BCUT2D eigenvalue weighted by Crippen LogP contribution is -2.55. The van der Waals surface area contributed by atoms with Crippen LogP contribution in [-0.4, -0.2) is 55.2 Å². The molecule has 0 bridgehead atoms. The Morgan fingerprint density at radius 2 is 1.79 bits per heavy atom. The van der Waals surface area contributed by atoms with Crippen molar-refractivity contribution in [1.29, 1.82) is 0 Å². The van der Waals surface area contributed by atoms with Crippen molar-refractivity contribution in [2.75, 3.05) is 33.3 Å². The van der Waals surface area contributed by atoms with E-state index < -0.39 is 0 Å². The molecule has 2 aliphatic heterocycles. The minimum Gasteiger partial charge on any atom is -0.497 e. The number of rotatable bonds is 4. The fourth-order valence-corrected chi connectivity index (χ4v) is 4.03. The number of ether oxygens (including phenoxy) is 1. The molecule has 2 fully saturated rings. The lowest BCUT2D eigenvalue weighted by molar-refractivity contribution is 0.0545. The van der Waals surface area contributed by atoms with Crippen LogP contribution in [0.5, 0.6) is 5.75 Å². The number of carbonyl (C=O) groups is 1. The Labute approximate surface area is 166 Å². The highest BCUT2D eigenvalue weighted by atomic mass is 16.5. The molecule has 2 N–H and O–H groups in total. The van der Waals surface area contributed by atoms with E-state index in [1.807, 2.05) is 48.2 Å². The number of nitrogens with one attached hydrogen (secondary N) is 2. The van der Waals surface area contributed by atoms with Gasteiger partial charge >= 0.3 is 0 Å². The molecular weight excluding hydrogens is 352 g/mol. The van der Waals surface area contributed by atoms with E-state index in [1.54, 1.807) is 7.11 Å². The zero-order valence-electron chi connectivity index (χ0n) is 16.5. The number of aryl methyl sites for hydroxylation is 1. The molecule has 6 heteroatoms. The van der Waals surface area contributed by atoms with Crippen LogP contribution in [0.2, 0.25) is 0 Å². The van der Waals surface area contributed by atoms with E-state index in [0.29, 0.717) is 0 Å². The van der Waals surface area contributed by atoms with Gasteiger partial charge in [-0.25, -0.2) is 10.9 Å². The van der Waals surface area contributed by atoms with Gasteiger partial charge in [0, 0.05) is 37.8 Å². The molecule has 0 aliphatic carbocycles. The average Bonchev–Trinajstić information content (AvgIpc) is 3.24. The monoisotopic (exact) mass is 380 g/mol. The lowest BCUT2D eigenvalue weighted by Gasteiger charge is -2.37. The van der Waals surface area contributed by atoms with Crippen LogP contribution in [0.3, 0.4) is 0 Å². The van der Waals surface area contributed by atoms with Crippen molar-refractivity contribution < 1.29 is 9.53 Å². The van der Waals surface area contributed by atoms with Crippen LogP contribution in [0.4, 0.5) is 0 Å². The molecule has 2 aliphatic rings. The number of hydrogen-bond donors (Lipinski definition) is 2. The number of hydrazine groups is 1. The van der Waals surface area contributed by atoms with Gasteiger partial charge in [-0.2, -0.15) is 0 Å². The summed E-state index contributed by atoms with van der Waals surface area (Å²) in [7, 11) is 1.68. The third kappa shape index (κ3) is 4.04. The van der Waals surface area contributed by atoms with E-state index in [1.165, 1.54) is 5.56 Å². The number of carbonyl (C=O) groups excluding carboxylic acids is 1.